The molecule has 32 heavy (non-hydrogen) atoms. The lowest BCUT2D eigenvalue weighted by Crippen LogP contribution is -2.13. The molecule has 0 bridgehead atoms. The third kappa shape index (κ3) is 7.00. The zero-order valence-electron chi connectivity index (χ0n) is 16.7. The van der Waals surface area contributed by atoms with Crippen LogP contribution in [0.5, 0.6) is 11.5 Å². The highest BCUT2D eigenvalue weighted by atomic mass is 35.5. The highest BCUT2D eigenvalue weighted by molar-refractivity contribution is 8.03. The number of carbonyl (C=O) groups excluding carboxylic acids is 1. The van der Waals surface area contributed by atoms with Crippen LogP contribution in [-0.4, -0.2) is 21.9 Å². The number of halogens is 1. The number of hydrogen-bond acceptors (Lipinski definition) is 7. The summed E-state index contributed by atoms with van der Waals surface area (Å²) in [5, 5.41) is 12.0. The average Bonchev–Trinajstić information content (AvgIpc) is 3.27. The summed E-state index contributed by atoms with van der Waals surface area (Å²) >= 11 is 10.4. The topological polar surface area (TPSA) is 64.1 Å². The predicted molar refractivity (Wildman–Crippen MR) is 133 cm³/mol. The number of hydrogen-bond donors (Lipinski definition) is 1. The molecule has 4 rings (SSSR count). The first-order valence-electron chi connectivity index (χ1n) is 9.60. The monoisotopic (exact) mass is 499 g/mol. The SMILES string of the molecule is O=C(CSc1nnc(SCc2ccc(Cl)cc2)s1)Nc1ccc(Oc2ccccc2)cc1. The number of nitrogens with zero attached hydrogens (tertiary/aromatic N) is 2. The summed E-state index contributed by atoms with van der Waals surface area (Å²) in [6.45, 7) is 0. The van der Waals surface area contributed by atoms with Crippen LogP contribution in [0.3, 0.4) is 0 Å². The molecule has 0 aliphatic heterocycles. The van der Waals surface area contributed by atoms with Crippen molar-refractivity contribution in [3.8, 4) is 11.5 Å². The molecular weight excluding hydrogens is 482 g/mol. The molecule has 0 spiro atoms. The van der Waals surface area contributed by atoms with Gasteiger partial charge in [-0.15, -0.1) is 10.2 Å². The van der Waals surface area contributed by atoms with Crippen LogP contribution in [0, 0.1) is 0 Å². The van der Waals surface area contributed by atoms with Gasteiger partial charge in [0.2, 0.25) is 5.91 Å². The van der Waals surface area contributed by atoms with Gasteiger partial charge in [-0.1, -0.05) is 76.8 Å². The fraction of sp³-hybridized carbons (Fsp3) is 0.0870. The number of nitrogens with one attached hydrogen (secondary N) is 1. The van der Waals surface area contributed by atoms with E-state index in [1.807, 2.05) is 78.9 Å². The van der Waals surface area contributed by atoms with Crippen LogP contribution in [0.4, 0.5) is 5.69 Å². The molecule has 1 aromatic heterocycles. The van der Waals surface area contributed by atoms with Crippen LogP contribution in [0.25, 0.3) is 0 Å². The Morgan fingerprint density at radius 2 is 1.53 bits per heavy atom. The normalized spacial score (nSPS) is 10.7. The molecule has 5 nitrogen and oxygen atoms in total. The second kappa shape index (κ2) is 11.4. The number of anilines is 1. The molecule has 3 aromatic carbocycles. The molecule has 0 saturated carbocycles. The number of rotatable bonds is 9. The van der Waals surface area contributed by atoms with Gasteiger partial charge in [0.1, 0.15) is 11.5 Å². The third-order valence-corrected chi connectivity index (χ3v) is 7.62. The van der Waals surface area contributed by atoms with Crippen LogP contribution in [0.15, 0.2) is 87.5 Å². The van der Waals surface area contributed by atoms with Crippen molar-refractivity contribution in [1.82, 2.24) is 10.2 Å². The van der Waals surface area contributed by atoms with Crippen molar-refractivity contribution < 1.29 is 9.53 Å². The quantitative estimate of drug-likeness (QED) is 0.250. The number of para-hydroxylation sites is 1. The number of aromatic nitrogens is 2. The maximum Gasteiger partial charge on any atom is 0.234 e. The number of amides is 1. The molecule has 0 unspecified atom stereocenters. The standard InChI is InChI=1S/C23H18ClN3O2S3/c24-17-8-6-16(7-9-17)14-30-22-26-27-23(32-22)31-15-21(28)25-18-10-12-20(13-11-18)29-19-4-2-1-3-5-19/h1-13H,14-15H2,(H,25,28). The first kappa shape index (κ1) is 22.7. The Morgan fingerprint density at radius 1 is 0.875 bits per heavy atom. The van der Waals surface area contributed by atoms with Gasteiger partial charge in [0.05, 0.1) is 5.75 Å². The molecule has 4 aromatic rings. The van der Waals surface area contributed by atoms with E-state index in [0.717, 1.165) is 25.2 Å². The van der Waals surface area contributed by atoms with Crippen molar-refractivity contribution in [2.45, 2.75) is 14.4 Å². The van der Waals surface area contributed by atoms with Crippen LogP contribution < -0.4 is 10.1 Å². The summed E-state index contributed by atoms with van der Waals surface area (Å²) in [7, 11) is 0. The van der Waals surface area contributed by atoms with Crippen LogP contribution in [-0.2, 0) is 10.5 Å². The predicted octanol–water partition coefficient (Wildman–Crippen LogP) is 7.01. The van der Waals surface area contributed by atoms with Crippen molar-refractivity contribution in [2.24, 2.45) is 0 Å². The fourth-order valence-corrected chi connectivity index (χ4v) is 5.50. The largest absolute Gasteiger partial charge is 0.457 e. The summed E-state index contributed by atoms with van der Waals surface area (Å²) in [6.07, 6.45) is 0. The minimum atomic E-state index is -0.0997. The van der Waals surface area contributed by atoms with E-state index in [2.05, 4.69) is 15.5 Å². The second-order valence-electron chi connectivity index (χ2n) is 6.53. The smallest absolute Gasteiger partial charge is 0.234 e. The van der Waals surface area contributed by atoms with Crippen LogP contribution in [0.2, 0.25) is 5.02 Å². The van der Waals surface area contributed by atoms with E-state index in [4.69, 9.17) is 16.3 Å². The van der Waals surface area contributed by atoms with Gasteiger partial charge in [0, 0.05) is 16.5 Å². The lowest BCUT2D eigenvalue weighted by molar-refractivity contribution is -0.113. The molecular formula is C23H18ClN3O2S3. The van der Waals surface area contributed by atoms with Crippen molar-refractivity contribution in [2.75, 3.05) is 11.1 Å². The summed E-state index contributed by atoms with van der Waals surface area (Å²) in [6, 6.07) is 24.6. The molecule has 0 atom stereocenters. The molecule has 0 saturated heterocycles. The van der Waals surface area contributed by atoms with Gasteiger partial charge in [-0.2, -0.15) is 0 Å². The number of ether oxygens (including phenoxy) is 1. The van der Waals surface area contributed by atoms with E-state index in [1.54, 1.807) is 11.8 Å². The molecule has 162 valence electrons. The van der Waals surface area contributed by atoms with Crippen LogP contribution in [0.1, 0.15) is 5.56 Å². The summed E-state index contributed by atoms with van der Waals surface area (Å²) in [4.78, 5) is 12.3. The lowest BCUT2D eigenvalue weighted by atomic mass is 10.2. The summed E-state index contributed by atoms with van der Waals surface area (Å²) in [5.74, 6) is 2.43. The third-order valence-electron chi connectivity index (χ3n) is 4.11. The van der Waals surface area contributed by atoms with Crippen molar-refractivity contribution >= 4 is 58.1 Å². The summed E-state index contributed by atoms with van der Waals surface area (Å²) < 4.78 is 7.40. The van der Waals surface area contributed by atoms with E-state index in [-0.39, 0.29) is 11.7 Å². The fourth-order valence-electron chi connectivity index (χ4n) is 2.59. The van der Waals surface area contributed by atoms with Crippen LogP contribution >= 0.6 is 46.5 Å². The second-order valence-corrected chi connectivity index (χ2v) is 10.4. The molecule has 9 heteroatoms. The first-order chi connectivity index (χ1) is 15.6. The maximum atomic E-state index is 12.3. The maximum absolute atomic E-state index is 12.3. The van der Waals surface area contributed by atoms with Gasteiger partial charge in [-0.25, -0.2) is 0 Å². The van der Waals surface area contributed by atoms with Gasteiger partial charge in [0.15, 0.2) is 8.68 Å². The first-order valence-corrected chi connectivity index (χ1v) is 12.8. The Labute approximate surface area is 203 Å². The zero-order valence-corrected chi connectivity index (χ0v) is 19.9. The number of thioether (sulfide) groups is 2. The van der Waals surface area contributed by atoms with E-state index < -0.39 is 0 Å². The van der Waals surface area contributed by atoms with Gasteiger partial charge in [0.25, 0.3) is 0 Å². The highest BCUT2D eigenvalue weighted by Gasteiger charge is 2.10. The molecule has 0 aliphatic carbocycles. The molecule has 0 aliphatic rings. The van der Waals surface area contributed by atoms with Gasteiger partial charge in [-0.05, 0) is 54.1 Å². The van der Waals surface area contributed by atoms with Gasteiger partial charge >= 0.3 is 0 Å². The average molecular weight is 500 g/mol. The molecule has 0 radical (unpaired) electrons. The van der Waals surface area contributed by atoms with E-state index >= 15 is 0 Å². The van der Waals surface area contributed by atoms with Gasteiger partial charge in [-0.3, -0.25) is 4.79 Å². The highest BCUT2D eigenvalue weighted by Crippen LogP contribution is 2.31. The molecule has 1 heterocycles. The van der Waals surface area contributed by atoms with Crippen molar-refractivity contribution in [1.29, 1.82) is 0 Å². The van der Waals surface area contributed by atoms with Crippen molar-refractivity contribution in [3.63, 3.8) is 0 Å². The Morgan fingerprint density at radius 3 is 2.25 bits per heavy atom. The van der Waals surface area contributed by atoms with E-state index in [1.165, 1.54) is 28.7 Å². The lowest BCUT2D eigenvalue weighted by Gasteiger charge is -2.07. The zero-order chi connectivity index (χ0) is 22.2. The minimum Gasteiger partial charge on any atom is -0.457 e. The minimum absolute atomic E-state index is 0.0997. The van der Waals surface area contributed by atoms with Crippen molar-refractivity contribution in [3.05, 3.63) is 89.4 Å². The van der Waals surface area contributed by atoms with Gasteiger partial charge < -0.3 is 10.1 Å². The molecule has 1 amide bonds. The molecule has 1 N–H and O–H groups in total. The number of carbonyl (C=O) groups is 1. The Bertz CT molecular complexity index is 1150. The summed E-state index contributed by atoms with van der Waals surface area (Å²) in [5.41, 5.74) is 1.89. The van der Waals surface area contributed by atoms with E-state index in [0.29, 0.717) is 11.4 Å². The van der Waals surface area contributed by atoms with E-state index in [9.17, 15) is 4.79 Å². The molecule has 0 fully saturated rings. The number of benzene rings is 3. The Kier molecular flexibility index (Phi) is 8.06. The Balaban J connectivity index is 1.21. The Hall–Kier alpha value is -2.52.